The van der Waals surface area contributed by atoms with Crippen LogP contribution in [0.2, 0.25) is 0 Å². The second-order valence-corrected chi connectivity index (χ2v) is 6.20. The molecule has 0 aliphatic heterocycles. The van der Waals surface area contributed by atoms with Crippen molar-refractivity contribution in [2.24, 2.45) is 5.92 Å². The van der Waals surface area contributed by atoms with Gasteiger partial charge in [-0.15, -0.1) is 11.3 Å². The van der Waals surface area contributed by atoms with Gasteiger partial charge in [0.05, 0.1) is 9.35 Å². The third-order valence-corrected chi connectivity index (χ3v) is 4.58. The fourth-order valence-corrected chi connectivity index (χ4v) is 3.25. The highest BCUT2D eigenvalue weighted by atomic mass is 79.9. The van der Waals surface area contributed by atoms with Gasteiger partial charge in [-0.05, 0) is 46.1 Å². The largest absolute Gasteiger partial charge is 0.352 e. The van der Waals surface area contributed by atoms with E-state index in [1.807, 2.05) is 11.4 Å². The van der Waals surface area contributed by atoms with Gasteiger partial charge in [0.25, 0.3) is 5.91 Å². The van der Waals surface area contributed by atoms with E-state index < -0.39 is 0 Å². The lowest BCUT2D eigenvalue weighted by atomic mass is 10.1. The van der Waals surface area contributed by atoms with Gasteiger partial charge in [0.2, 0.25) is 0 Å². The number of amides is 1. The van der Waals surface area contributed by atoms with Crippen LogP contribution >= 0.6 is 27.3 Å². The first-order valence-corrected chi connectivity index (χ1v) is 6.96. The summed E-state index contributed by atoms with van der Waals surface area (Å²) in [4.78, 5) is 11.7. The molecule has 0 bridgehead atoms. The highest BCUT2D eigenvalue weighted by molar-refractivity contribution is 9.11. The summed E-state index contributed by atoms with van der Waals surface area (Å²) < 4.78 is 0.923. The summed E-state index contributed by atoms with van der Waals surface area (Å²) in [6.07, 6.45) is 5.18. The van der Waals surface area contributed by atoms with E-state index in [2.05, 4.69) is 21.2 Å². The van der Waals surface area contributed by atoms with Crippen LogP contribution in [0.1, 0.15) is 36.0 Å². The average molecular weight is 288 g/mol. The monoisotopic (exact) mass is 287 g/mol. The van der Waals surface area contributed by atoms with Gasteiger partial charge in [0.15, 0.2) is 0 Å². The molecule has 0 unspecified atom stereocenters. The van der Waals surface area contributed by atoms with Gasteiger partial charge < -0.3 is 5.32 Å². The topological polar surface area (TPSA) is 29.1 Å². The Bertz CT molecular complexity index is 344. The summed E-state index contributed by atoms with van der Waals surface area (Å²) in [5.74, 6) is 0.751. The van der Waals surface area contributed by atoms with Gasteiger partial charge in [-0.2, -0.15) is 0 Å². The fraction of sp³-hybridized carbons (Fsp3) is 0.545. The number of carbonyl (C=O) groups is 1. The van der Waals surface area contributed by atoms with Crippen molar-refractivity contribution in [2.75, 3.05) is 6.54 Å². The van der Waals surface area contributed by atoms with Crippen molar-refractivity contribution < 1.29 is 4.79 Å². The smallest absolute Gasteiger partial charge is 0.253 e. The highest BCUT2D eigenvalue weighted by Crippen LogP contribution is 2.25. The SMILES string of the molecule is O=C(NCC1CCCC1)c1ccsc1Br. The Hall–Kier alpha value is -0.350. The number of nitrogens with one attached hydrogen (secondary N) is 1. The minimum atomic E-state index is 0.0509. The number of rotatable bonds is 3. The third-order valence-electron chi connectivity index (χ3n) is 2.89. The zero-order chi connectivity index (χ0) is 10.7. The lowest BCUT2D eigenvalue weighted by Gasteiger charge is -2.09. The van der Waals surface area contributed by atoms with E-state index in [-0.39, 0.29) is 5.91 Å². The number of carbonyl (C=O) groups excluding carboxylic acids is 1. The van der Waals surface area contributed by atoms with Gasteiger partial charge >= 0.3 is 0 Å². The Kier molecular flexibility index (Phi) is 3.81. The zero-order valence-electron chi connectivity index (χ0n) is 8.46. The quantitative estimate of drug-likeness (QED) is 0.907. The van der Waals surface area contributed by atoms with E-state index in [4.69, 9.17) is 0 Å². The van der Waals surface area contributed by atoms with Gasteiger partial charge in [-0.25, -0.2) is 0 Å². The first-order chi connectivity index (χ1) is 7.27. The molecule has 0 radical (unpaired) electrons. The molecular weight excluding hydrogens is 274 g/mol. The molecule has 0 atom stereocenters. The van der Waals surface area contributed by atoms with Crippen LogP contribution in [-0.2, 0) is 0 Å². The molecule has 1 aromatic rings. The zero-order valence-corrected chi connectivity index (χ0v) is 10.9. The lowest BCUT2D eigenvalue weighted by Crippen LogP contribution is -2.28. The molecule has 1 aromatic heterocycles. The molecule has 1 amide bonds. The first kappa shape index (κ1) is 11.1. The molecule has 1 heterocycles. The van der Waals surface area contributed by atoms with Crippen molar-refractivity contribution >= 4 is 33.2 Å². The second kappa shape index (κ2) is 5.12. The maximum Gasteiger partial charge on any atom is 0.253 e. The molecule has 0 spiro atoms. The molecule has 0 aromatic carbocycles. The summed E-state index contributed by atoms with van der Waals surface area (Å²) >= 11 is 4.92. The van der Waals surface area contributed by atoms with Crippen LogP contribution in [0.25, 0.3) is 0 Å². The highest BCUT2D eigenvalue weighted by Gasteiger charge is 2.17. The molecule has 1 aliphatic rings. The molecule has 1 fully saturated rings. The summed E-state index contributed by atoms with van der Waals surface area (Å²) in [6.45, 7) is 0.834. The van der Waals surface area contributed by atoms with Crippen molar-refractivity contribution in [2.45, 2.75) is 25.7 Å². The normalized spacial score (nSPS) is 16.9. The summed E-state index contributed by atoms with van der Waals surface area (Å²) in [5.41, 5.74) is 0.762. The molecule has 1 aliphatic carbocycles. The van der Waals surface area contributed by atoms with Gasteiger partial charge in [-0.1, -0.05) is 12.8 Å². The Balaban J connectivity index is 1.84. The van der Waals surface area contributed by atoms with Crippen LogP contribution in [-0.4, -0.2) is 12.5 Å². The molecule has 4 heteroatoms. The third kappa shape index (κ3) is 2.82. The maximum atomic E-state index is 11.7. The van der Waals surface area contributed by atoms with Crippen LogP contribution in [0.15, 0.2) is 15.2 Å². The fourth-order valence-electron chi connectivity index (χ4n) is 2.00. The van der Waals surface area contributed by atoms with Crippen LogP contribution in [0.4, 0.5) is 0 Å². The molecule has 2 nitrogen and oxygen atoms in total. The maximum absolute atomic E-state index is 11.7. The predicted octanol–water partition coefficient (Wildman–Crippen LogP) is 3.43. The lowest BCUT2D eigenvalue weighted by molar-refractivity contribution is 0.0947. The van der Waals surface area contributed by atoms with Gasteiger partial charge in [0, 0.05) is 6.54 Å². The number of thiophene rings is 1. The summed E-state index contributed by atoms with van der Waals surface area (Å²) in [5, 5.41) is 4.93. The van der Waals surface area contributed by atoms with E-state index >= 15 is 0 Å². The summed E-state index contributed by atoms with van der Waals surface area (Å²) in [6, 6.07) is 1.86. The van der Waals surface area contributed by atoms with Crippen LogP contribution in [0.3, 0.4) is 0 Å². The van der Waals surface area contributed by atoms with Crippen LogP contribution in [0.5, 0.6) is 0 Å². The van der Waals surface area contributed by atoms with E-state index in [0.29, 0.717) is 5.92 Å². The van der Waals surface area contributed by atoms with Gasteiger partial charge in [-0.3, -0.25) is 4.79 Å². The van der Waals surface area contributed by atoms with Crippen LogP contribution < -0.4 is 5.32 Å². The number of hydrogen-bond acceptors (Lipinski definition) is 2. The summed E-state index contributed by atoms with van der Waals surface area (Å²) in [7, 11) is 0. The second-order valence-electron chi connectivity index (χ2n) is 3.97. The minimum absolute atomic E-state index is 0.0509. The number of halogens is 1. The first-order valence-electron chi connectivity index (χ1n) is 5.28. The molecule has 15 heavy (non-hydrogen) atoms. The predicted molar refractivity (Wildman–Crippen MR) is 66.3 cm³/mol. The molecule has 1 saturated carbocycles. The standard InChI is InChI=1S/C11H14BrNOS/c12-10-9(5-6-15-10)11(14)13-7-8-3-1-2-4-8/h5-6,8H,1-4,7H2,(H,13,14). The van der Waals surface area contributed by atoms with Crippen LogP contribution in [0, 0.1) is 5.92 Å². The molecule has 2 rings (SSSR count). The van der Waals surface area contributed by atoms with Crippen molar-refractivity contribution in [1.82, 2.24) is 5.32 Å². The van der Waals surface area contributed by atoms with Crippen molar-refractivity contribution in [3.8, 4) is 0 Å². The Morgan fingerprint density at radius 2 is 2.27 bits per heavy atom. The van der Waals surface area contributed by atoms with E-state index in [9.17, 15) is 4.79 Å². The van der Waals surface area contributed by atoms with Crippen molar-refractivity contribution in [3.63, 3.8) is 0 Å². The molecule has 82 valence electrons. The van der Waals surface area contributed by atoms with Crippen molar-refractivity contribution in [3.05, 3.63) is 20.8 Å². The Morgan fingerprint density at radius 1 is 1.53 bits per heavy atom. The van der Waals surface area contributed by atoms with Crippen molar-refractivity contribution in [1.29, 1.82) is 0 Å². The minimum Gasteiger partial charge on any atom is -0.352 e. The molecule has 1 N–H and O–H groups in total. The number of hydrogen-bond donors (Lipinski definition) is 1. The Labute approximate surface area is 102 Å². The van der Waals surface area contributed by atoms with E-state index in [1.165, 1.54) is 25.7 Å². The Morgan fingerprint density at radius 3 is 2.87 bits per heavy atom. The molecular formula is C11H14BrNOS. The van der Waals surface area contributed by atoms with E-state index in [0.717, 1.165) is 15.9 Å². The van der Waals surface area contributed by atoms with E-state index in [1.54, 1.807) is 11.3 Å². The average Bonchev–Trinajstić information content (AvgIpc) is 2.84. The van der Waals surface area contributed by atoms with Gasteiger partial charge in [0.1, 0.15) is 0 Å². The molecule has 0 saturated heterocycles.